The zero-order valence-electron chi connectivity index (χ0n) is 19.1. The smallest absolute Gasteiger partial charge is 0.330 e. The molecule has 0 saturated heterocycles. The van der Waals surface area contributed by atoms with Gasteiger partial charge in [0.15, 0.2) is 11.4 Å². The van der Waals surface area contributed by atoms with E-state index in [1.807, 2.05) is 30.3 Å². The second kappa shape index (κ2) is 9.56. The van der Waals surface area contributed by atoms with Crippen LogP contribution >= 0.6 is 0 Å². The standard InChI is InChI=1S/C25H23N5O5/c1-15-10-11-17(13-18(15)27-22(31)19-9-6-12-35-19)24(33)29(2)20-21(26)30(25(34)28-23(20)32)14-16-7-4-3-5-8-16/h3-13H,14,26H2,1-2H3,(H,27,31)(H,28,32,34). The highest BCUT2D eigenvalue weighted by Crippen LogP contribution is 2.22. The second-order valence-corrected chi connectivity index (χ2v) is 7.89. The van der Waals surface area contributed by atoms with Gasteiger partial charge in [0.25, 0.3) is 17.4 Å². The minimum Gasteiger partial charge on any atom is -0.459 e. The number of nitrogens with zero attached hydrogens (tertiary/aromatic N) is 2. The summed E-state index contributed by atoms with van der Waals surface area (Å²) in [4.78, 5) is 54.0. The van der Waals surface area contributed by atoms with Crippen molar-refractivity contribution in [3.05, 3.63) is 110 Å². The zero-order valence-corrected chi connectivity index (χ0v) is 19.1. The second-order valence-electron chi connectivity index (χ2n) is 7.89. The molecular weight excluding hydrogens is 450 g/mol. The van der Waals surface area contributed by atoms with Crippen LogP contribution in [0.4, 0.5) is 17.2 Å². The van der Waals surface area contributed by atoms with Crippen molar-refractivity contribution in [2.24, 2.45) is 0 Å². The number of carbonyl (C=O) groups is 2. The van der Waals surface area contributed by atoms with E-state index in [0.29, 0.717) is 5.69 Å². The van der Waals surface area contributed by atoms with E-state index in [1.165, 1.54) is 30.0 Å². The third kappa shape index (κ3) is 4.76. The van der Waals surface area contributed by atoms with Gasteiger partial charge in [-0.25, -0.2) is 4.79 Å². The predicted octanol–water partition coefficient (Wildman–Crippen LogP) is 2.60. The number of rotatable bonds is 6. The number of nitrogens with one attached hydrogen (secondary N) is 2. The van der Waals surface area contributed by atoms with Crippen molar-refractivity contribution in [2.75, 3.05) is 23.0 Å². The number of amides is 2. The highest BCUT2D eigenvalue weighted by molar-refractivity contribution is 6.08. The van der Waals surface area contributed by atoms with E-state index >= 15 is 0 Å². The summed E-state index contributed by atoms with van der Waals surface area (Å²) in [5.74, 6) is -1.04. The first kappa shape index (κ1) is 23.3. The Hall–Kier alpha value is -4.86. The van der Waals surface area contributed by atoms with Crippen molar-refractivity contribution < 1.29 is 14.0 Å². The molecule has 2 heterocycles. The fourth-order valence-electron chi connectivity index (χ4n) is 3.60. The van der Waals surface area contributed by atoms with Crippen LogP contribution in [-0.4, -0.2) is 28.4 Å². The topological polar surface area (TPSA) is 143 Å². The van der Waals surface area contributed by atoms with Crippen molar-refractivity contribution in [3.63, 3.8) is 0 Å². The summed E-state index contributed by atoms with van der Waals surface area (Å²) < 4.78 is 6.30. The maximum atomic E-state index is 13.3. The lowest BCUT2D eigenvalue weighted by atomic mass is 10.1. The van der Waals surface area contributed by atoms with E-state index in [1.54, 1.807) is 25.1 Å². The van der Waals surface area contributed by atoms with Gasteiger partial charge in [-0.05, 0) is 42.3 Å². The Morgan fingerprint density at radius 1 is 1.09 bits per heavy atom. The molecule has 178 valence electrons. The Labute approximate surface area is 199 Å². The minimum absolute atomic E-state index is 0.116. The molecule has 10 nitrogen and oxygen atoms in total. The largest absolute Gasteiger partial charge is 0.459 e. The number of aromatic nitrogens is 2. The summed E-state index contributed by atoms with van der Waals surface area (Å²) in [6, 6.07) is 17.0. The summed E-state index contributed by atoms with van der Waals surface area (Å²) in [5, 5.41) is 2.71. The molecule has 0 saturated carbocycles. The Morgan fingerprint density at radius 2 is 1.83 bits per heavy atom. The molecule has 0 bridgehead atoms. The van der Waals surface area contributed by atoms with E-state index in [2.05, 4.69) is 10.3 Å². The Balaban J connectivity index is 1.66. The molecule has 0 spiro atoms. The van der Waals surface area contributed by atoms with Crippen molar-refractivity contribution in [3.8, 4) is 0 Å². The number of hydrogen-bond acceptors (Lipinski definition) is 6. The van der Waals surface area contributed by atoms with Crippen LogP contribution in [0.3, 0.4) is 0 Å². The predicted molar refractivity (Wildman–Crippen MR) is 132 cm³/mol. The lowest BCUT2D eigenvalue weighted by molar-refractivity contribution is 0.0984. The lowest BCUT2D eigenvalue weighted by Crippen LogP contribution is -2.39. The SMILES string of the molecule is Cc1ccc(C(=O)N(C)c2c(N)n(Cc3ccccc3)c(=O)[nH]c2=O)cc1NC(=O)c1ccco1. The number of benzene rings is 2. The van der Waals surface area contributed by atoms with Crippen LogP contribution in [-0.2, 0) is 6.54 Å². The molecule has 10 heteroatoms. The average molecular weight is 473 g/mol. The first-order valence-corrected chi connectivity index (χ1v) is 10.7. The number of carbonyl (C=O) groups excluding carboxylic acids is 2. The molecule has 2 aromatic heterocycles. The molecule has 0 unspecified atom stereocenters. The zero-order chi connectivity index (χ0) is 25.1. The van der Waals surface area contributed by atoms with Gasteiger partial charge in [-0.2, -0.15) is 0 Å². The Morgan fingerprint density at radius 3 is 2.51 bits per heavy atom. The van der Waals surface area contributed by atoms with E-state index in [9.17, 15) is 19.2 Å². The number of furan rings is 1. The van der Waals surface area contributed by atoms with E-state index in [0.717, 1.165) is 16.0 Å². The first-order valence-electron chi connectivity index (χ1n) is 10.7. The van der Waals surface area contributed by atoms with Crippen LogP contribution in [0, 0.1) is 6.92 Å². The van der Waals surface area contributed by atoms with E-state index in [4.69, 9.17) is 10.2 Å². The molecule has 0 aliphatic heterocycles. The lowest BCUT2D eigenvalue weighted by Gasteiger charge is -2.21. The molecule has 0 aliphatic rings. The van der Waals surface area contributed by atoms with Crippen LogP contribution in [0.1, 0.15) is 32.0 Å². The number of nitrogens with two attached hydrogens (primary N) is 1. The van der Waals surface area contributed by atoms with E-state index < -0.39 is 23.1 Å². The number of anilines is 3. The van der Waals surface area contributed by atoms with Crippen molar-refractivity contribution in [2.45, 2.75) is 13.5 Å². The highest BCUT2D eigenvalue weighted by atomic mass is 16.3. The molecule has 4 aromatic rings. The van der Waals surface area contributed by atoms with Crippen molar-refractivity contribution in [1.29, 1.82) is 0 Å². The van der Waals surface area contributed by atoms with Gasteiger partial charge in [-0.3, -0.25) is 23.9 Å². The minimum atomic E-state index is -0.786. The third-order valence-corrected chi connectivity index (χ3v) is 5.52. The van der Waals surface area contributed by atoms with Gasteiger partial charge >= 0.3 is 5.69 Å². The van der Waals surface area contributed by atoms with Crippen LogP contribution in [0.25, 0.3) is 0 Å². The fourth-order valence-corrected chi connectivity index (χ4v) is 3.60. The maximum absolute atomic E-state index is 13.3. The summed E-state index contributed by atoms with van der Waals surface area (Å²) in [7, 11) is 1.39. The molecule has 4 rings (SSSR count). The van der Waals surface area contributed by atoms with E-state index in [-0.39, 0.29) is 29.4 Å². The fraction of sp³-hybridized carbons (Fsp3) is 0.120. The average Bonchev–Trinajstić information content (AvgIpc) is 3.38. The molecule has 35 heavy (non-hydrogen) atoms. The summed E-state index contributed by atoms with van der Waals surface area (Å²) in [6.45, 7) is 1.89. The molecular formula is C25H23N5O5. The number of aromatic amines is 1. The van der Waals surface area contributed by atoms with Gasteiger partial charge in [0, 0.05) is 18.3 Å². The Bertz CT molecular complexity index is 1500. The summed E-state index contributed by atoms with van der Waals surface area (Å²) in [6.07, 6.45) is 1.38. The molecule has 0 radical (unpaired) electrons. The van der Waals surface area contributed by atoms with Gasteiger partial charge in [-0.15, -0.1) is 0 Å². The molecule has 0 aliphatic carbocycles. The maximum Gasteiger partial charge on any atom is 0.330 e. The monoisotopic (exact) mass is 473 g/mol. The van der Waals surface area contributed by atoms with Crippen molar-refractivity contribution in [1.82, 2.24) is 9.55 Å². The van der Waals surface area contributed by atoms with Crippen LogP contribution in [0.15, 0.2) is 80.9 Å². The molecule has 0 atom stereocenters. The number of hydrogen-bond donors (Lipinski definition) is 3. The number of H-pyrrole nitrogens is 1. The normalized spacial score (nSPS) is 10.7. The van der Waals surface area contributed by atoms with Crippen molar-refractivity contribution >= 4 is 29.0 Å². The van der Waals surface area contributed by atoms with Gasteiger partial charge < -0.3 is 20.4 Å². The van der Waals surface area contributed by atoms with Crippen LogP contribution in [0.2, 0.25) is 0 Å². The Kier molecular flexibility index (Phi) is 6.36. The first-order chi connectivity index (χ1) is 16.8. The van der Waals surface area contributed by atoms with Gasteiger partial charge in [0.1, 0.15) is 5.82 Å². The summed E-state index contributed by atoms with van der Waals surface area (Å²) in [5.41, 5.74) is 6.70. The van der Waals surface area contributed by atoms with Gasteiger partial charge in [0.2, 0.25) is 0 Å². The quantitative estimate of drug-likeness (QED) is 0.393. The van der Waals surface area contributed by atoms with Gasteiger partial charge in [0.05, 0.1) is 12.8 Å². The molecule has 2 amide bonds. The third-order valence-electron chi connectivity index (χ3n) is 5.52. The molecule has 0 fully saturated rings. The van der Waals surface area contributed by atoms with Crippen LogP contribution < -0.4 is 27.2 Å². The summed E-state index contributed by atoms with van der Waals surface area (Å²) >= 11 is 0. The molecule has 4 N–H and O–H groups in total. The number of aryl methyl sites for hydroxylation is 1. The molecule has 2 aromatic carbocycles. The highest BCUT2D eigenvalue weighted by Gasteiger charge is 2.23. The number of nitrogen functional groups attached to an aromatic ring is 1. The van der Waals surface area contributed by atoms with Crippen LogP contribution in [0.5, 0.6) is 0 Å². The van der Waals surface area contributed by atoms with Gasteiger partial charge in [-0.1, -0.05) is 36.4 Å².